The lowest BCUT2D eigenvalue weighted by molar-refractivity contribution is 1.64. The van der Waals surface area contributed by atoms with Gasteiger partial charge in [-0.05, 0) is 78.1 Å². The maximum absolute atomic E-state index is 3.40. The molecule has 0 radical (unpaired) electrons. The monoisotopic (exact) mass is 428 g/mol. The Hall–Kier alpha value is -4.60. The van der Waals surface area contributed by atoms with Crippen molar-refractivity contribution in [2.45, 2.75) is 0 Å². The van der Waals surface area contributed by atoms with E-state index in [1.807, 2.05) is 18.2 Å². The minimum atomic E-state index is 1.03. The van der Waals surface area contributed by atoms with Crippen LogP contribution in [0, 0.1) is 11.8 Å². The average Bonchev–Trinajstić information content (AvgIpc) is 2.92. The maximum Gasteiger partial charge on any atom is 0.0255 e. The molecular formula is C34H20. The van der Waals surface area contributed by atoms with Crippen LogP contribution in [-0.4, -0.2) is 0 Å². The first-order valence-corrected chi connectivity index (χ1v) is 11.6. The van der Waals surface area contributed by atoms with Crippen molar-refractivity contribution in [3.63, 3.8) is 0 Å². The van der Waals surface area contributed by atoms with Gasteiger partial charge in [0, 0.05) is 11.1 Å². The van der Waals surface area contributed by atoms with Crippen LogP contribution in [0.5, 0.6) is 0 Å². The Morgan fingerprint density at radius 3 is 1.26 bits per heavy atom. The first kappa shape index (κ1) is 18.9. The predicted molar refractivity (Wildman–Crippen MR) is 146 cm³/mol. The van der Waals surface area contributed by atoms with Crippen LogP contribution in [-0.2, 0) is 0 Å². The Morgan fingerprint density at radius 2 is 0.706 bits per heavy atom. The summed E-state index contributed by atoms with van der Waals surface area (Å²) < 4.78 is 0. The van der Waals surface area contributed by atoms with E-state index in [1.165, 1.54) is 53.9 Å². The van der Waals surface area contributed by atoms with Crippen molar-refractivity contribution >= 4 is 53.9 Å². The van der Waals surface area contributed by atoms with Gasteiger partial charge in [0.2, 0.25) is 0 Å². The van der Waals surface area contributed by atoms with E-state index < -0.39 is 0 Å². The molecule has 0 heteroatoms. The highest BCUT2D eigenvalue weighted by molar-refractivity contribution is 6.39. The second-order valence-corrected chi connectivity index (χ2v) is 8.76. The van der Waals surface area contributed by atoms with Gasteiger partial charge in [0.25, 0.3) is 0 Å². The molecule has 0 spiro atoms. The van der Waals surface area contributed by atoms with Crippen LogP contribution in [0.15, 0.2) is 121 Å². The maximum atomic E-state index is 3.40. The van der Waals surface area contributed by atoms with Gasteiger partial charge in [0.1, 0.15) is 0 Å². The molecule has 0 nitrogen and oxygen atoms in total. The zero-order valence-corrected chi connectivity index (χ0v) is 18.5. The van der Waals surface area contributed by atoms with Gasteiger partial charge in [-0.2, -0.15) is 0 Å². The van der Waals surface area contributed by atoms with E-state index in [2.05, 4.69) is 115 Å². The van der Waals surface area contributed by atoms with E-state index in [0.717, 1.165) is 11.1 Å². The molecule has 0 aliphatic heterocycles. The van der Waals surface area contributed by atoms with Gasteiger partial charge in [-0.3, -0.25) is 0 Å². The molecule has 0 fully saturated rings. The van der Waals surface area contributed by atoms with Gasteiger partial charge in [0.15, 0.2) is 0 Å². The number of rotatable bonds is 0. The minimum absolute atomic E-state index is 1.03. The third kappa shape index (κ3) is 2.81. The fraction of sp³-hybridized carbons (Fsp3) is 0. The fourth-order valence-corrected chi connectivity index (χ4v) is 5.37. The van der Waals surface area contributed by atoms with E-state index in [9.17, 15) is 0 Å². The molecule has 0 amide bonds. The van der Waals surface area contributed by atoms with Crippen molar-refractivity contribution in [2.75, 3.05) is 0 Å². The van der Waals surface area contributed by atoms with E-state index in [1.54, 1.807) is 0 Å². The molecule has 0 saturated heterocycles. The third-order valence-corrected chi connectivity index (χ3v) is 6.83. The smallest absolute Gasteiger partial charge is 0.0255 e. The molecule has 0 heterocycles. The van der Waals surface area contributed by atoms with E-state index in [0.29, 0.717) is 0 Å². The minimum Gasteiger partial charge on any atom is -0.0622 e. The summed E-state index contributed by atoms with van der Waals surface area (Å²) in [5.74, 6) is 6.73. The quantitative estimate of drug-likeness (QED) is 0.167. The summed E-state index contributed by atoms with van der Waals surface area (Å²) in [7, 11) is 0. The van der Waals surface area contributed by atoms with E-state index in [-0.39, 0.29) is 0 Å². The lowest BCUT2D eigenvalue weighted by Gasteiger charge is -2.16. The summed E-state index contributed by atoms with van der Waals surface area (Å²) in [4.78, 5) is 0. The van der Waals surface area contributed by atoms with Crippen molar-refractivity contribution in [2.24, 2.45) is 0 Å². The molecule has 7 aromatic rings. The molecule has 0 aromatic heterocycles. The lowest BCUT2D eigenvalue weighted by Crippen LogP contribution is -1.89. The van der Waals surface area contributed by atoms with Crippen molar-refractivity contribution in [1.82, 2.24) is 0 Å². The molecule has 0 saturated carbocycles. The van der Waals surface area contributed by atoms with Gasteiger partial charge in [-0.1, -0.05) is 109 Å². The van der Waals surface area contributed by atoms with Crippen LogP contribution in [0.25, 0.3) is 53.9 Å². The molecule has 0 unspecified atom stereocenters. The Bertz CT molecular complexity index is 1930. The summed E-state index contributed by atoms with van der Waals surface area (Å²) in [5.41, 5.74) is 2.06. The van der Waals surface area contributed by atoms with Gasteiger partial charge in [-0.15, -0.1) is 0 Å². The Labute approximate surface area is 198 Å². The highest BCUT2D eigenvalue weighted by atomic mass is 14.2. The topological polar surface area (TPSA) is 0 Å². The van der Waals surface area contributed by atoms with E-state index in [4.69, 9.17) is 0 Å². The van der Waals surface area contributed by atoms with E-state index >= 15 is 0 Å². The summed E-state index contributed by atoms with van der Waals surface area (Å²) in [6.45, 7) is 0. The molecular weight excluding hydrogens is 408 g/mol. The summed E-state index contributed by atoms with van der Waals surface area (Å²) in [5, 5.41) is 12.9. The largest absolute Gasteiger partial charge is 0.0622 e. The van der Waals surface area contributed by atoms with Crippen LogP contribution in [0.3, 0.4) is 0 Å². The highest BCUT2D eigenvalue weighted by Crippen LogP contribution is 2.43. The average molecular weight is 429 g/mol. The van der Waals surface area contributed by atoms with Crippen LogP contribution in [0.1, 0.15) is 11.1 Å². The van der Waals surface area contributed by atoms with Crippen molar-refractivity contribution < 1.29 is 0 Å². The van der Waals surface area contributed by atoms with Gasteiger partial charge >= 0.3 is 0 Å². The molecule has 0 bridgehead atoms. The number of hydrogen-bond donors (Lipinski definition) is 0. The lowest BCUT2D eigenvalue weighted by atomic mass is 9.87. The predicted octanol–water partition coefficient (Wildman–Crippen LogP) is 8.85. The first-order chi connectivity index (χ1) is 16.9. The molecule has 0 aliphatic carbocycles. The molecule has 0 atom stereocenters. The summed E-state index contributed by atoms with van der Waals surface area (Å²) in [6.07, 6.45) is 0. The second-order valence-electron chi connectivity index (χ2n) is 8.76. The standard InChI is InChI=1S/C34H20/c1-2-10-23(11-3-1)18-19-24-20-21-28-27-14-6-8-16-30(27)33-29-15-7-4-12-25(29)26-13-5-9-17-31(26)34(33)32(28)22-24/h1-17,20-22H. The normalized spacial score (nSPS) is 11.3. The first-order valence-electron chi connectivity index (χ1n) is 11.6. The summed E-state index contributed by atoms with van der Waals surface area (Å²) >= 11 is 0. The SMILES string of the molecule is C(#Cc1ccc2c3ccccc3c3c4ccccc4c4ccccc4c3c2c1)c1ccccc1. The number of fused-ring (bicyclic) bond motifs is 11. The van der Waals surface area contributed by atoms with Crippen LogP contribution >= 0.6 is 0 Å². The van der Waals surface area contributed by atoms with Crippen molar-refractivity contribution in [3.05, 3.63) is 132 Å². The van der Waals surface area contributed by atoms with Crippen molar-refractivity contribution in [1.29, 1.82) is 0 Å². The molecule has 0 N–H and O–H groups in total. The third-order valence-electron chi connectivity index (χ3n) is 6.83. The van der Waals surface area contributed by atoms with Gasteiger partial charge < -0.3 is 0 Å². The molecule has 34 heavy (non-hydrogen) atoms. The van der Waals surface area contributed by atoms with Crippen molar-refractivity contribution in [3.8, 4) is 11.8 Å². The highest BCUT2D eigenvalue weighted by Gasteiger charge is 2.15. The van der Waals surface area contributed by atoms with Crippen LogP contribution < -0.4 is 0 Å². The number of benzene rings is 7. The Balaban J connectivity index is 1.70. The zero-order valence-electron chi connectivity index (χ0n) is 18.5. The van der Waals surface area contributed by atoms with Gasteiger partial charge in [-0.25, -0.2) is 0 Å². The van der Waals surface area contributed by atoms with Gasteiger partial charge in [0.05, 0.1) is 0 Å². The fourth-order valence-electron chi connectivity index (χ4n) is 5.37. The molecule has 7 aromatic carbocycles. The Kier molecular flexibility index (Phi) is 4.16. The van der Waals surface area contributed by atoms with Crippen LogP contribution in [0.2, 0.25) is 0 Å². The molecule has 156 valence electrons. The van der Waals surface area contributed by atoms with Crippen LogP contribution in [0.4, 0.5) is 0 Å². The second kappa shape index (κ2) is 7.48. The Morgan fingerprint density at radius 1 is 0.294 bits per heavy atom. The molecule has 7 rings (SSSR count). The number of hydrogen-bond acceptors (Lipinski definition) is 0. The molecule has 0 aliphatic rings. The summed E-state index contributed by atoms with van der Waals surface area (Å²) in [6, 6.07) is 43.3. The zero-order chi connectivity index (χ0) is 22.5.